The average molecular weight is 926 g/mol. The number of carbonyl (C=O) groups excluding carboxylic acids is 4. The Bertz CT molecular complexity index is 1170. The Morgan fingerprint density at radius 2 is 1.49 bits per heavy atom. The van der Waals surface area contributed by atoms with Crippen molar-refractivity contribution in [2.75, 3.05) is 11.9 Å². The predicted octanol–water partition coefficient (Wildman–Crippen LogP) is 5.86. The molecule has 0 saturated heterocycles. The van der Waals surface area contributed by atoms with Gasteiger partial charge in [-0.2, -0.15) is 0 Å². The summed E-state index contributed by atoms with van der Waals surface area (Å²) in [5, 5.41) is 2.76. The van der Waals surface area contributed by atoms with Crippen LogP contribution in [0.2, 0.25) is 0 Å². The Hall–Kier alpha value is -0.560. The number of benzene rings is 2. The maximum absolute atomic E-state index is 13.4. The molecule has 1 aliphatic rings. The second-order valence-electron chi connectivity index (χ2n) is 8.30. The first-order valence-corrected chi connectivity index (χ1v) is 15.1. The lowest BCUT2D eigenvalue weighted by Gasteiger charge is -2.26. The van der Waals surface area contributed by atoms with Crippen molar-refractivity contribution >= 4 is 120 Å². The molecule has 11 heteroatoms. The van der Waals surface area contributed by atoms with Crippen LogP contribution in [0.5, 0.6) is 0 Å². The van der Waals surface area contributed by atoms with Crippen LogP contribution in [0.15, 0.2) is 24.3 Å². The molecule has 1 heterocycles. The summed E-state index contributed by atoms with van der Waals surface area (Å²) < 4.78 is 8.48. The fourth-order valence-corrected chi connectivity index (χ4v) is 7.42. The van der Waals surface area contributed by atoms with Crippen LogP contribution in [-0.4, -0.2) is 41.2 Å². The second-order valence-corrected chi connectivity index (χ2v) is 12.6. The zero-order valence-corrected chi connectivity index (χ0v) is 27.7. The Morgan fingerprint density at radius 1 is 0.943 bits per heavy atom. The van der Waals surface area contributed by atoms with E-state index in [4.69, 9.17) is 4.74 Å². The molecular formula is C24H22I4N2O5. The molecule has 0 saturated carbocycles. The fourth-order valence-electron chi connectivity index (χ4n) is 3.77. The number of carbonyl (C=O) groups is 4. The smallest absolute Gasteiger partial charge is 0.329 e. The monoisotopic (exact) mass is 926 g/mol. The zero-order chi connectivity index (χ0) is 26.0. The molecule has 0 spiro atoms. The van der Waals surface area contributed by atoms with Crippen LogP contribution < -0.4 is 5.32 Å². The molecule has 0 fully saturated rings. The average Bonchev–Trinajstić information content (AvgIpc) is 3.08. The number of hydrogen-bond donors (Lipinski definition) is 1. The van der Waals surface area contributed by atoms with Crippen LogP contribution >= 0.6 is 90.4 Å². The minimum Gasteiger partial charge on any atom is -0.454 e. The second kappa shape index (κ2) is 12.3. The van der Waals surface area contributed by atoms with E-state index in [2.05, 4.69) is 95.7 Å². The number of nitrogens with zero attached hydrogens (tertiary/aromatic N) is 1. The molecule has 2 aromatic carbocycles. The maximum atomic E-state index is 13.4. The first-order valence-electron chi connectivity index (χ1n) is 10.8. The van der Waals surface area contributed by atoms with Crippen LogP contribution in [0.25, 0.3) is 0 Å². The largest absolute Gasteiger partial charge is 0.454 e. The molecule has 3 amide bonds. The topological polar surface area (TPSA) is 92.8 Å². The summed E-state index contributed by atoms with van der Waals surface area (Å²) in [7, 11) is 0. The van der Waals surface area contributed by atoms with Crippen LogP contribution in [-0.2, 0) is 20.7 Å². The molecule has 1 aliphatic heterocycles. The Balaban J connectivity index is 1.82. The summed E-state index contributed by atoms with van der Waals surface area (Å²) in [5.74, 6) is -2.28. The van der Waals surface area contributed by atoms with Crippen molar-refractivity contribution in [3.63, 3.8) is 0 Å². The van der Waals surface area contributed by atoms with Crippen molar-refractivity contribution in [3.8, 4) is 0 Å². The van der Waals surface area contributed by atoms with Gasteiger partial charge in [0.15, 0.2) is 6.61 Å². The van der Waals surface area contributed by atoms with Gasteiger partial charge in [-0.3, -0.25) is 19.3 Å². The Kier molecular flexibility index (Phi) is 10.2. The van der Waals surface area contributed by atoms with Crippen LogP contribution in [0.3, 0.4) is 0 Å². The van der Waals surface area contributed by atoms with E-state index in [-0.39, 0.29) is 12.3 Å². The first kappa shape index (κ1) is 29.0. The molecule has 35 heavy (non-hydrogen) atoms. The summed E-state index contributed by atoms with van der Waals surface area (Å²) >= 11 is 8.46. The third kappa shape index (κ3) is 6.13. The SMILES string of the molecule is CCc1ccccc1NC(=O)COC(=O)[C@@H](CC(C)C)N1C(=O)c2c(I)c(I)c(I)c(I)c2C1=O. The summed E-state index contributed by atoms with van der Waals surface area (Å²) in [6, 6.07) is 6.27. The minimum absolute atomic E-state index is 0.000496. The highest BCUT2D eigenvalue weighted by molar-refractivity contribution is 14.1. The van der Waals surface area contributed by atoms with E-state index in [0.29, 0.717) is 24.0 Å². The normalized spacial score (nSPS) is 13.8. The van der Waals surface area contributed by atoms with Crippen molar-refractivity contribution in [1.82, 2.24) is 4.90 Å². The van der Waals surface area contributed by atoms with Crippen LogP contribution in [0, 0.1) is 20.2 Å². The van der Waals surface area contributed by atoms with Gasteiger partial charge >= 0.3 is 5.97 Å². The molecule has 2 aromatic rings. The Labute approximate surface area is 258 Å². The minimum atomic E-state index is -1.12. The van der Waals surface area contributed by atoms with Gasteiger partial charge in [-0.25, -0.2) is 4.79 Å². The number of para-hydroxylation sites is 1. The third-order valence-corrected chi connectivity index (χ3v) is 12.8. The number of hydrogen-bond acceptors (Lipinski definition) is 5. The molecule has 3 rings (SSSR count). The molecule has 7 nitrogen and oxygen atoms in total. The van der Waals surface area contributed by atoms with Gasteiger partial charge in [0.2, 0.25) is 0 Å². The van der Waals surface area contributed by atoms with Gasteiger partial charge in [-0.05, 0) is 121 Å². The van der Waals surface area contributed by atoms with Crippen molar-refractivity contribution < 1.29 is 23.9 Å². The summed E-state index contributed by atoms with van der Waals surface area (Å²) in [4.78, 5) is 53.5. The predicted molar refractivity (Wildman–Crippen MR) is 166 cm³/mol. The van der Waals surface area contributed by atoms with Crippen molar-refractivity contribution in [2.45, 2.75) is 39.7 Å². The molecule has 0 bridgehead atoms. The van der Waals surface area contributed by atoms with E-state index in [1.54, 1.807) is 6.07 Å². The van der Waals surface area contributed by atoms with E-state index >= 15 is 0 Å². The lowest BCUT2D eigenvalue weighted by Crippen LogP contribution is -2.47. The molecule has 186 valence electrons. The lowest BCUT2D eigenvalue weighted by molar-refractivity contribution is -0.151. The van der Waals surface area contributed by atoms with Gasteiger partial charge in [0.25, 0.3) is 17.7 Å². The molecule has 0 aromatic heterocycles. The highest BCUT2D eigenvalue weighted by atomic mass is 127. The third-order valence-electron chi connectivity index (χ3n) is 5.43. The first-order chi connectivity index (χ1) is 16.5. The molecule has 0 aliphatic carbocycles. The number of rotatable bonds is 8. The standard InChI is InChI=1S/C24H22I4N2O5/c1-4-12-7-5-6-8-13(12)29-15(31)10-35-24(34)14(9-11(2)3)30-22(32)16-17(23(30)33)19(26)21(28)20(27)18(16)25/h5-8,11,14H,4,9-10H2,1-3H3,(H,29,31)/t14-/m1/s1. The van der Waals surface area contributed by atoms with Gasteiger partial charge in [0.1, 0.15) is 6.04 Å². The summed E-state index contributed by atoms with van der Waals surface area (Å²) in [5.41, 5.74) is 2.26. The number of ether oxygens (including phenoxy) is 1. The fraction of sp³-hybridized carbons (Fsp3) is 0.333. The summed E-state index contributed by atoms with van der Waals surface area (Å²) in [6.45, 7) is 5.26. The van der Waals surface area contributed by atoms with E-state index in [0.717, 1.165) is 24.0 Å². The highest BCUT2D eigenvalue weighted by Crippen LogP contribution is 2.38. The molecule has 0 radical (unpaired) electrons. The van der Waals surface area contributed by atoms with Gasteiger partial charge < -0.3 is 10.1 Å². The van der Waals surface area contributed by atoms with E-state index in [1.807, 2.05) is 39.0 Å². The van der Waals surface area contributed by atoms with Gasteiger partial charge in [0, 0.05) is 20.0 Å². The molecular weight excluding hydrogens is 904 g/mol. The number of amides is 3. The van der Waals surface area contributed by atoms with Crippen molar-refractivity contribution in [2.24, 2.45) is 5.92 Å². The van der Waals surface area contributed by atoms with Gasteiger partial charge in [0.05, 0.1) is 11.1 Å². The summed E-state index contributed by atoms with van der Waals surface area (Å²) in [6.07, 6.45) is 0.966. The van der Waals surface area contributed by atoms with Crippen LogP contribution in [0.1, 0.15) is 53.5 Å². The number of anilines is 1. The molecule has 0 unspecified atom stereocenters. The maximum Gasteiger partial charge on any atom is 0.329 e. The zero-order valence-electron chi connectivity index (χ0n) is 19.1. The number of esters is 1. The molecule has 1 N–H and O–H groups in total. The van der Waals surface area contributed by atoms with Gasteiger partial charge in [-0.15, -0.1) is 0 Å². The number of nitrogens with one attached hydrogen (secondary N) is 1. The van der Waals surface area contributed by atoms with E-state index in [1.165, 1.54) is 0 Å². The highest BCUT2D eigenvalue weighted by Gasteiger charge is 2.47. The molecule has 1 atom stereocenters. The van der Waals surface area contributed by atoms with E-state index < -0.39 is 36.3 Å². The van der Waals surface area contributed by atoms with Crippen LogP contribution in [0.4, 0.5) is 5.69 Å². The number of halogens is 4. The quantitative estimate of drug-likeness (QED) is 0.118. The van der Waals surface area contributed by atoms with Crippen molar-refractivity contribution in [3.05, 3.63) is 55.2 Å². The van der Waals surface area contributed by atoms with Crippen molar-refractivity contribution in [1.29, 1.82) is 0 Å². The number of fused-ring (bicyclic) bond motifs is 1. The lowest BCUT2D eigenvalue weighted by atomic mass is 10.0. The van der Waals surface area contributed by atoms with Gasteiger partial charge in [-0.1, -0.05) is 39.0 Å². The number of aryl methyl sites for hydroxylation is 1. The number of imide groups is 1. The van der Waals surface area contributed by atoms with E-state index in [9.17, 15) is 19.2 Å². The Morgan fingerprint density at radius 3 is 2.00 bits per heavy atom.